The van der Waals surface area contributed by atoms with E-state index in [0.717, 1.165) is 6.26 Å². The summed E-state index contributed by atoms with van der Waals surface area (Å²) < 4.78 is 18.2. The second kappa shape index (κ2) is 8.26. The number of halogens is 2. The maximum absolute atomic E-state index is 13.2. The number of aromatic nitrogens is 1. The number of nitrogens with one attached hydrogen (secondary N) is 3. The first kappa shape index (κ1) is 17.7. The zero-order chi connectivity index (χ0) is 17.5. The number of anilines is 2. The lowest BCUT2D eigenvalue weighted by atomic mass is 10.2. The van der Waals surface area contributed by atoms with Crippen LogP contribution in [0, 0.1) is 5.82 Å². The minimum absolute atomic E-state index is 0.00748. The molecule has 2 rings (SSSR count). The monoisotopic (exact) mass is 401 g/mol. The minimum atomic E-state index is -0.624. The number of amidine groups is 1. The largest absolute Gasteiger partial charge is 0.409 e. The van der Waals surface area contributed by atoms with E-state index in [1.165, 1.54) is 18.2 Å². The number of nitrogens with zero attached hydrogens (tertiary/aromatic N) is 2. The number of urea groups is 1. The number of hydrogen-bond donors (Lipinski definition) is 5. The van der Waals surface area contributed by atoms with Gasteiger partial charge in [-0.2, -0.15) is 0 Å². The van der Waals surface area contributed by atoms with Gasteiger partial charge in [-0.15, -0.1) is 0 Å². The van der Waals surface area contributed by atoms with Crippen molar-refractivity contribution in [1.29, 1.82) is 0 Å². The van der Waals surface area contributed by atoms with Crippen LogP contribution < -0.4 is 16.0 Å². The second-order valence-corrected chi connectivity index (χ2v) is 5.24. The van der Waals surface area contributed by atoms with Crippen LogP contribution in [0.15, 0.2) is 38.6 Å². The maximum Gasteiger partial charge on any atom is 0.320 e. The van der Waals surface area contributed by atoms with Gasteiger partial charge in [0.25, 0.3) is 0 Å². The van der Waals surface area contributed by atoms with E-state index < -0.39 is 11.8 Å². The normalized spacial score (nSPS) is 11.2. The smallest absolute Gasteiger partial charge is 0.320 e. The summed E-state index contributed by atoms with van der Waals surface area (Å²) >= 11 is 3.04. The fourth-order valence-electron chi connectivity index (χ4n) is 1.67. The van der Waals surface area contributed by atoms with Crippen LogP contribution in [0.5, 0.6) is 0 Å². The molecule has 0 saturated heterocycles. The summed E-state index contributed by atoms with van der Waals surface area (Å²) in [5.74, 6) is -0.532. The van der Waals surface area contributed by atoms with Gasteiger partial charge in [0, 0.05) is 12.2 Å². The highest BCUT2D eigenvalue weighted by molar-refractivity contribution is 9.10. The van der Waals surface area contributed by atoms with Gasteiger partial charge in [0.15, 0.2) is 11.7 Å². The van der Waals surface area contributed by atoms with Gasteiger partial charge in [-0.3, -0.25) is 5.32 Å². The van der Waals surface area contributed by atoms with Gasteiger partial charge in [0.05, 0.1) is 11.1 Å². The third kappa shape index (κ3) is 4.43. The molecule has 1 heterocycles. The van der Waals surface area contributed by atoms with E-state index in [9.17, 15) is 14.4 Å². The van der Waals surface area contributed by atoms with Gasteiger partial charge >= 0.3 is 6.03 Å². The van der Waals surface area contributed by atoms with Gasteiger partial charge in [-0.05, 0) is 34.1 Å². The van der Waals surface area contributed by atoms with E-state index in [4.69, 9.17) is 9.63 Å². The topological polar surface area (TPSA) is 132 Å². The zero-order valence-electron chi connectivity index (χ0n) is 12.1. The van der Waals surface area contributed by atoms with Gasteiger partial charge < -0.3 is 25.5 Å². The molecule has 2 aromatic rings. The van der Waals surface area contributed by atoms with Crippen LogP contribution in [0.2, 0.25) is 0 Å². The number of aliphatic hydroxyl groups is 1. The van der Waals surface area contributed by atoms with Crippen molar-refractivity contribution in [2.45, 2.75) is 0 Å². The Bertz CT molecular complexity index is 752. The highest BCUT2D eigenvalue weighted by atomic mass is 79.9. The maximum atomic E-state index is 13.2. The van der Waals surface area contributed by atoms with E-state index in [1.807, 2.05) is 0 Å². The Hall–Kier alpha value is -2.66. The fraction of sp³-hybridized carbons (Fsp3) is 0.154. The summed E-state index contributed by atoms with van der Waals surface area (Å²) in [7, 11) is 0. The number of benzene rings is 1. The fourth-order valence-corrected chi connectivity index (χ4v) is 2.05. The Balaban J connectivity index is 2.15. The predicted molar refractivity (Wildman–Crippen MR) is 86.7 cm³/mol. The van der Waals surface area contributed by atoms with Gasteiger partial charge in [0.2, 0.25) is 0 Å². The Morgan fingerprint density at radius 2 is 2.21 bits per heavy atom. The lowest BCUT2D eigenvalue weighted by Crippen LogP contribution is -2.31. The van der Waals surface area contributed by atoms with Crippen molar-refractivity contribution in [3.8, 4) is 0 Å². The highest BCUT2D eigenvalue weighted by Gasteiger charge is 2.17. The molecule has 1 aromatic heterocycles. The highest BCUT2D eigenvalue weighted by Crippen LogP contribution is 2.22. The van der Waals surface area contributed by atoms with Crippen LogP contribution in [-0.2, 0) is 0 Å². The summed E-state index contributed by atoms with van der Waals surface area (Å²) in [6.07, 6.45) is 1.16. The summed E-state index contributed by atoms with van der Waals surface area (Å²) in [5.41, 5.74) is 0.588. The average Bonchev–Trinajstić information content (AvgIpc) is 3.01. The molecule has 24 heavy (non-hydrogen) atoms. The van der Waals surface area contributed by atoms with Crippen LogP contribution in [0.4, 0.5) is 20.7 Å². The van der Waals surface area contributed by atoms with E-state index in [0.29, 0.717) is 5.69 Å². The van der Waals surface area contributed by atoms with Crippen molar-refractivity contribution < 1.29 is 24.0 Å². The number of rotatable bonds is 5. The lowest BCUT2D eigenvalue weighted by Gasteiger charge is -2.09. The molecule has 9 nitrogen and oxygen atoms in total. The van der Waals surface area contributed by atoms with E-state index in [2.05, 4.69) is 42.2 Å². The van der Waals surface area contributed by atoms with Crippen molar-refractivity contribution in [1.82, 2.24) is 10.5 Å². The standard InChI is InChI=1S/C13H13BrFN5O4/c14-9-5-7(1-2-10(9)15)17-11(19-23)8-6-24-20-12(8)18-13(22)16-3-4-21/h1-2,5-6,21,23H,3-4H2,(H,17,19)(H2,16,18,20,22). The molecule has 0 aliphatic heterocycles. The van der Waals surface area contributed by atoms with Crippen LogP contribution in [0.3, 0.4) is 0 Å². The average molecular weight is 402 g/mol. The third-order valence-corrected chi connectivity index (χ3v) is 3.34. The van der Waals surface area contributed by atoms with Crippen molar-refractivity contribution >= 4 is 39.3 Å². The first-order chi connectivity index (χ1) is 11.5. The molecule has 0 atom stereocenters. The molecule has 0 bridgehead atoms. The van der Waals surface area contributed by atoms with Crippen molar-refractivity contribution in [3.05, 3.63) is 40.3 Å². The van der Waals surface area contributed by atoms with Crippen LogP contribution in [0.1, 0.15) is 5.56 Å². The van der Waals surface area contributed by atoms with Crippen molar-refractivity contribution in [2.75, 3.05) is 23.8 Å². The molecule has 0 fully saturated rings. The number of hydrogen-bond acceptors (Lipinski definition) is 6. The van der Waals surface area contributed by atoms with Crippen LogP contribution >= 0.6 is 15.9 Å². The lowest BCUT2D eigenvalue weighted by molar-refractivity contribution is 0.244. The first-order valence-corrected chi connectivity index (χ1v) is 7.39. The molecule has 11 heteroatoms. The molecule has 2 amide bonds. The molecular weight excluding hydrogens is 389 g/mol. The molecule has 0 aliphatic rings. The molecule has 0 radical (unpaired) electrons. The first-order valence-electron chi connectivity index (χ1n) is 6.59. The molecule has 128 valence electrons. The van der Waals surface area contributed by atoms with Gasteiger partial charge in [-0.25, -0.2) is 9.18 Å². The van der Waals surface area contributed by atoms with Crippen LogP contribution in [0.25, 0.3) is 0 Å². The molecule has 0 saturated carbocycles. The van der Waals surface area contributed by atoms with Crippen LogP contribution in [-0.4, -0.2) is 40.5 Å². The number of carbonyl (C=O) groups is 1. The third-order valence-electron chi connectivity index (χ3n) is 2.74. The number of aliphatic hydroxyl groups excluding tert-OH is 1. The van der Waals surface area contributed by atoms with Gasteiger partial charge in [0.1, 0.15) is 17.6 Å². The number of carbonyl (C=O) groups excluding carboxylic acids is 1. The Morgan fingerprint density at radius 1 is 1.42 bits per heavy atom. The number of amides is 2. The zero-order valence-corrected chi connectivity index (χ0v) is 13.7. The summed E-state index contributed by atoms with van der Waals surface area (Å²) in [6.45, 7) is -0.161. The molecule has 5 N–H and O–H groups in total. The summed E-state index contributed by atoms with van der Waals surface area (Å²) in [6, 6.07) is 3.46. The van der Waals surface area contributed by atoms with E-state index in [-0.39, 0.29) is 34.8 Å². The minimum Gasteiger partial charge on any atom is -0.409 e. The second-order valence-electron chi connectivity index (χ2n) is 4.38. The van der Waals surface area contributed by atoms with Gasteiger partial charge in [-0.1, -0.05) is 10.3 Å². The predicted octanol–water partition coefficient (Wildman–Crippen LogP) is 1.94. The SMILES string of the molecule is O=C(NCCO)Nc1nocc1/C(=N/O)Nc1ccc(F)c(Br)c1. The Kier molecular flexibility index (Phi) is 6.09. The van der Waals surface area contributed by atoms with Crippen molar-refractivity contribution in [2.24, 2.45) is 5.16 Å². The van der Waals surface area contributed by atoms with E-state index >= 15 is 0 Å². The molecule has 1 aromatic carbocycles. The number of oxime groups is 1. The Morgan fingerprint density at radius 3 is 2.88 bits per heavy atom. The summed E-state index contributed by atoms with van der Waals surface area (Å²) in [5, 5.41) is 32.0. The molecular formula is C13H13BrFN5O4. The summed E-state index contributed by atoms with van der Waals surface area (Å²) in [4.78, 5) is 11.6. The molecule has 0 aliphatic carbocycles. The van der Waals surface area contributed by atoms with Crippen molar-refractivity contribution in [3.63, 3.8) is 0 Å². The van der Waals surface area contributed by atoms with E-state index in [1.54, 1.807) is 0 Å². The molecule has 0 unspecified atom stereocenters. The molecule has 0 spiro atoms. The quantitative estimate of drug-likeness (QED) is 0.225. The Labute approximate surface area is 143 Å².